The summed E-state index contributed by atoms with van der Waals surface area (Å²) >= 11 is 0. The second-order valence-electron chi connectivity index (χ2n) is 4.66. The Labute approximate surface area is 133 Å². The van der Waals surface area contributed by atoms with Crippen molar-refractivity contribution in [3.05, 3.63) is 57.9 Å². The fourth-order valence-corrected chi connectivity index (χ4v) is 2.13. The van der Waals surface area contributed by atoms with Crippen LogP contribution in [0.5, 0.6) is 11.5 Å². The highest BCUT2D eigenvalue weighted by Gasteiger charge is 2.19. The van der Waals surface area contributed by atoms with Crippen molar-refractivity contribution >= 4 is 11.4 Å². The van der Waals surface area contributed by atoms with Crippen LogP contribution in [0.15, 0.2) is 36.4 Å². The van der Waals surface area contributed by atoms with Crippen molar-refractivity contribution < 1.29 is 18.8 Å². The molecule has 23 heavy (non-hydrogen) atoms. The molecular weight excluding hydrogens is 303 g/mol. The first-order chi connectivity index (χ1) is 11.1. The van der Waals surface area contributed by atoms with Crippen molar-refractivity contribution in [3.8, 4) is 11.5 Å². The van der Waals surface area contributed by atoms with Gasteiger partial charge in [-0.05, 0) is 13.0 Å². The third-order valence-electron chi connectivity index (χ3n) is 3.21. The summed E-state index contributed by atoms with van der Waals surface area (Å²) < 4.78 is 24.0. The number of hydrogen-bond acceptors (Lipinski definition) is 5. The summed E-state index contributed by atoms with van der Waals surface area (Å²) in [6.45, 7) is 2.69. The van der Waals surface area contributed by atoms with Crippen molar-refractivity contribution in [1.82, 2.24) is 0 Å². The van der Waals surface area contributed by atoms with E-state index in [1.807, 2.05) is 31.2 Å². The van der Waals surface area contributed by atoms with Crippen LogP contribution in [0.3, 0.4) is 0 Å². The lowest BCUT2D eigenvalue weighted by Gasteiger charge is -2.13. The molecule has 2 aromatic rings. The molecule has 0 spiro atoms. The zero-order chi connectivity index (χ0) is 16.8. The van der Waals surface area contributed by atoms with E-state index in [1.165, 1.54) is 13.2 Å². The summed E-state index contributed by atoms with van der Waals surface area (Å²) in [5, 5.41) is 14.0. The maximum atomic E-state index is 13.6. The molecule has 0 heterocycles. The van der Waals surface area contributed by atoms with Crippen LogP contribution in [0.25, 0.3) is 0 Å². The molecule has 1 N–H and O–H groups in total. The molecule has 2 aromatic carbocycles. The molecule has 7 heteroatoms. The molecule has 0 aliphatic heterocycles. The monoisotopic (exact) mass is 320 g/mol. The zero-order valence-corrected chi connectivity index (χ0v) is 12.8. The number of methoxy groups -OCH3 is 1. The molecule has 0 saturated carbocycles. The first-order valence-electron chi connectivity index (χ1n) is 7.03. The molecule has 0 atom stereocenters. The molecule has 0 unspecified atom stereocenters. The topological polar surface area (TPSA) is 73.6 Å². The van der Waals surface area contributed by atoms with E-state index in [0.717, 1.165) is 11.6 Å². The molecule has 0 aromatic heterocycles. The SMILES string of the molecule is CCOc1ccccc1CNc1cc(OC)c(F)cc1[N+](=O)[O-]. The molecule has 0 saturated heterocycles. The van der Waals surface area contributed by atoms with Crippen molar-refractivity contribution in [1.29, 1.82) is 0 Å². The van der Waals surface area contributed by atoms with Gasteiger partial charge in [0, 0.05) is 18.2 Å². The minimum atomic E-state index is -0.778. The fraction of sp³-hybridized carbons (Fsp3) is 0.250. The smallest absolute Gasteiger partial charge is 0.295 e. The summed E-state index contributed by atoms with van der Waals surface area (Å²) in [4.78, 5) is 10.4. The molecule has 0 radical (unpaired) electrons. The van der Waals surface area contributed by atoms with Gasteiger partial charge >= 0.3 is 0 Å². The number of halogens is 1. The zero-order valence-electron chi connectivity index (χ0n) is 12.8. The summed E-state index contributed by atoms with van der Waals surface area (Å²) in [5.41, 5.74) is 0.670. The van der Waals surface area contributed by atoms with E-state index in [9.17, 15) is 14.5 Å². The number of nitrogens with zero attached hydrogens (tertiary/aromatic N) is 1. The molecule has 122 valence electrons. The Morgan fingerprint density at radius 2 is 2.00 bits per heavy atom. The maximum Gasteiger partial charge on any atom is 0.295 e. The lowest BCUT2D eigenvalue weighted by molar-refractivity contribution is -0.384. The number of benzene rings is 2. The van der Waals surface area contributed by atoms with Crippen LogP contribution >= 0.6 is 0 Å². The number of anilines is 1. The van der Waals surface area contributed by atoms with Gasteiger partial charge in [0.1, 0.15) is 11.4 Å². The molecule has 0 amide bonds. The van der Waals surface area contributed by atoms with Crippen molar-refractivity contribution in [2.24, 2.45) is 0 Å². The Balaban J connectivity index is 2.28. The molecule has 6 nitrogen and oxygen atoms in total. The fourth-order valence-electron chi connectivity index (χ4n) is 2.13. The first-order valence-corrected chi connectivity index (χ1v) is 7.03. The van der Waals surface area contributed by atoms with Crippen LogP contribution in [0.4, 0.5) is 15.8 Å². The molecule has 0 aliphatic rings. The minimum Gasteiger partial charge on any atom is -0.494 e. The quantitative estimate of drug-likeness (QED) is 0.621. The summed E-state index contributed by atoms with van der Waals surface area (Å²) in [6.07, 6.45) is 0. The van der Waals surface area contributed by atoms with Gasteiger partial charge < -0.3 is 14.8 Å². The van der Waals surface area contributed by atoms with Crippen molar-refractivity contribution in [2.45, 2.75) is 13.5 Å². The molecule has 0 fully saturated rings. The summed E-state index contributed by atoms with van der Waals surface area (Å²) in [5.74, 6) is -0.144. The maximum absolute atomic E-state index is 13.6. The van der Waals surface area contributed by atoms with Gasteiger partial charge in [-0.2, -0.15) is 0 Å². The Kier molecular flexibility index (Phi) is 5.35. The van der Waals surface area contributed by atoms with Gasteiger partial charge in [-0.15, -0.1) is 0 Å². The molecule has 2 rings (SSSR count). The number of hydrogen-bond donors (Lipinski definition) is 1. The van der Waals surface area contributed by atoms with E-state index in [1.54, 1.807) is 0 Å². The van der Waals surface area contributed by atoms with Crippen LogP contribution in [0.1, 0.15) is 12.5 Å². The van der Waals surface area contributed by atoms with E-state index < -0.39 is 10.7 Å². The highest BCUT2D eigenvalue weighted by atomic mass is 19.1. The Morgan fingerprint density at radius 1 is 1.26 bits per heavy atom. The number of para-hydroxylation sites is 1. The highest BCUT2D eigenvalue weighted by Crippen LogP contribution is 2.32. The van der Waals surface area contributed by atoms with Gasteiger partial charge in [-0.1, -0.05) is 18.2 Å². The first kappa shape index (κ1) is 16.5. The van der Waals surface area contributed by atoms with E-state index in [4.69, 9.17) is 9.47 Å². The number of nitro groups is 1. The van der Waals surface area contributed by atoms with Crippen LogP contribution in [0.2, 0.25) is 0 Å². The van der Waals surface area contributed by atoms with Gasteiger partial charge in [-0.25, -0.2) is 4.39 Å². The molecule has 0 bridgehead atoms. The number of ether oxygens (including phenoxy) is 2. The predicted molar refractivity (Wildman–Crippen MR) is 84.5 cm³/mol. The summed E-state index contributed by atoms with van der Waals surface area (Å²) in [7, 11) is 1.30. The van der Waals surface area contributed by atoms with Crippen LogP contribution in [0, 0.1) is 15.9 Å². The molecule has 0 aliphatic carbocycles. The van der Waals surface area contributed by atoms with Gasteiger partial charge in [0.15, 0.2) is 11.6 Å². The van der Waals surface area contributed by atoms with Crippen molar-refractivity contribution in [2.75, 3.05) is 19.0 Å². The van der Waals surface area contributed by atoms with Crippen LogP contribution < -0.4 is 14.8 Å². The Bertz CT molecular complexity index is 706. The van der Waals surface area contributed by atoms with E-state index in [0.29, 0.717) is 18.9 Å². The normalized spacial score (nSPS) is 10.2. The average molecular weight is 320 g/mol. The largest absolute Gasteiger partial charge is 0.494 e. The lowest BCUT2D eigenvalue weighted by atomic mass is 10.2. The number of nitrogens with one attached hydrogen (secondary N) is 1. The van der Waals surface area contributed by atoms with E-state index in [-0.39, 0.29) is 17.1 Å². The van der Waals surface area contributed by atoms with E-state index >= 15 is 0 Å². The second kappa shape index (κ2) is 7.44. The van der Waals surface area contributed by atoms with Gasteiger partial charge in [-0.3, -0.25) is 10.1 Å². The molecular formula is C16H17FN2O4. The van der Waals surface area contributed by atoms with Gasteiger partial charge in [0.05, 0.1) is 24.7 Å². The van der Waals surface area contributed by atoms with Crippen LogP contribution in [-0.2, 0) is 6.54 Å². The minimum absolute atomic E-state index is 0.0591. The van der Waals surface area contributed by atoms with Gasteiger partial charge in [0.25, 0.3) is 5.69 Å². The number of nitro benzene ring substituents is 1. The van der Waals surface area contributed by atoms with Gasteiger partial charge in [0.2, 0.25) is 0 Å². The van der Waals surface area contributed by atoms with E-state index in [2.05, 4.69) is 5.32 Å². The third-order valence-corrected chi connectivity index (χ3v) is 3.21. The Morgan fingerprint density at radius 3 is 2.65 bits per heavy atom. The highest BCUT2D eigenvalue weighted by molar-refractivity contribution is 5.65. The lowest BCUT2D eigenvalue weighted by Crippen LogP contribution is -2.06. The van der Waals surface area contributed by atoms with Crippen LogP contribution in [-0.4, -0.2) is 18.6 Å². The number of rotatable bonds is 7. The third kappa shape index (κ3) is 3.88. The Hall–Kier alpha value is -2.83. The second-order valence-corrected chi connectivity index (χ2v) is 4.66. The average Bonchev–Trinajstić information content (AvgIpc) is 2.54. The standard InChI is InChI=1S/C16H17FN2O4/c1-3-23-15-7-5-4-6-11(15)10-18-13-9-16(22-2)12(17)8-14(13)19(20)21/h4-9,18H,3,10H2,1-2H3. The predicted octanol–water partition coefficient (Wildman–Crippen LogP) is 3.75. The summed E-state index contributed by atoms with van der Waals surface area (Å²) in [6, 6.07) is 9.48. The van der Waals surface area contributed by atoms with Crippen molar-refractivity contribution in [3.63, 3.8) is 0 Å².